The maximum atomic E-state index is 13.4. The van der Waals surface area contributed by atoms with Crippen molar-refractivity contribution < 1.29 is 14.3 Å². The topological polar surface area (TPSA) is 49.9 Å². The van der Waals surface area contributed by atoms with E-state index in [1.165, 1.54) is 25.7 Å². The van der Waals surface area contributed by atoms with Gasteiger partial charge in [0.25, 0.3) is 0 Å². The van der Waals surface area contributed by atoms with Crippen molar-refractivity contribution in [1.82, 2.24) is 9.80 Å². The molecule has 2 amide bonds. The SMILES string of the molecule is O=C(C1C2C(=O)N(C3CCCCCC3)C[C@@]23C=C[C@@H]1O3)N1CCSCC1. The molecule has 142 valence electrons. The van der Waals surface area contributed by atoms with Gasteiger partial charge in [-0.2, -0.15) is 11.8 Å². The third kappa shape index (κ3) is 2.55. The monoisotopic (exact) mass is 376 g/mol. The number of carbonyl (C=O) groups excluding carboxylic acids is 2. The summed E-state index contributed by atoms with van der Waals surface area (Å²) in [5.74, 6) is 1.69. The largest absolute Gasteiger partial charge is 0.360 e. The molecule has 0 radical (unpaired) electrons. The van der Waals surface area contributed by atoms with E-state index in [1.807, 2.05) is 22.7 Å². The van der Waals surface area contributed by atoms with Crippen molar-refractivity contribution in [3.05, 3.63) is 12.2 Å². The Morgan fingerprint density at radius 1 is 1.15 bits per heavy atom. The van der Waals surface area contributed by atoms with Gasteiger partial charge in [0.1, 0.15) is 5.60 Å². The van der Waals surface area contributed by atoms with Crippen LogP contribution in [0.3, 0.4) is 0 Å². The van der Waals surface area contributed by atoms with Crippen molar-refractivity contribution in [2.24, 2.45) is 11.8 Å². The number of hydrogen-bond acceptors (Lipinski definition) is 4. The molecule has 2 bridgehead atoms. The van der Waals surface area contributed by atoms with E-state index in [9.17, 15) is 9.59 Å². The maximum absolute atomic E-state index is 13.4. The fourth-order valence-electron chi connectivity index (χ4n) is 5.68. The summed E-state index contributed by atoms with van der Waals surface area (Å²) in [6.45, 7) is 2.25. The predicted octanol–water partition coefficient (Wildman–Crippen LogP) is 2.07. The summed E-state index contributed by atoms with van der Waals surface area (Å²) >= 11 is 1.90. The summed E-state index contributed by atoms with van der Waals surface area (Å²) in [7, 11) is 0. The number of ether oxygens (including phenoxy) is 1. The molecule has 0 aromatic heterocycles. The average molecular weight is 377 g/mol. The Hall–Kier alpha value is -1.01. The number of thioether (sulfide) groups is 1. The fourth-order valence-corrected chi connectivity index (χ4v) is 6.59. The fraction of sp³-hybridized carbons (Fsp3) is 0.800. The summed E-state index contributed by atoms with van der Waals surface area (Å²) in [6.07, 6.45) is 11.1. The molecule has 5 nitrogen and oxygen atoms in total. The Morgan fingerprint density at radius 2 is 1.88 bits per heavy atom. The van der Waals surface area contributed by atoms with Crippen LogP contribution in [-0.2, 0) is 14.3 Å². The van der Waals surface area contributed by atoms with Crippen LogP contribution >= 0.6 is 11.8 Å². The molecule has 4 atom stereocenters. The van der Waals surface area contributed by atoms with E-state index < -0.39 is 5.60 Å². The quantitative estimate of drug-likeness (QED) is 0.547. The van der Waals surface area contributed by atoms with Crippen molar-refractivity contribution in [3.63, 3.8) is 0 Å². The molecule has 4 aliphatic heterocycles. The van der Waals surface area contributed by atoms with E-state index in [1.54, 1.807) is 0 Å². The number of nitrogens with zero attached hydrogens (tertiary/aromatic N) is 2. The molecule has 4 fully saturated rings. The number of fused-ring (bicyclic) bond motifs is 1. The molecule has 1 saturated carbocycles. The smallest absolute Gasteiger partial charge is 0.230 e. The van der Waals surface area contributed by atoms with Crippen LogP contribution in [0.2, 0.25) is 0 Å². The van der Waals surface area contributed by atoms with Gasteiger partial charge in [0.05, 0.1) is 24.5 Å². The predicted molar refractivity (Wildman–Crippen MR) is 101 cm³/mol. The van der Waals surface area contributed by atoms with Gasteiger partial charge in [-0.3, -0.25) is 9.59 Å². The highest BCUT2D eigenvalue weighted by Crippen LogP contribution is 2.53. The molecule has 0 aromatic carbocycles. The van der Waals surface area contributed by atoms with Crippen LogP contribution in [0, 0.1) is 11.8 Å². The highest BCUT2D eigenvalue weighted by atomic mass is 32.2. The van der Waals surface area contributed by atoms with E-state index in [0.29, 0.717) is 12.6 Å². The minimum absolute atomic E-state index is 0.141. The van der Waals surface area contributed by atoms with Crippen LogP contribution in [0.5, 0.6) is 0 Å². The standard InChI is InChI=1S/C20H28N2O3S/c23-18(21-9-11-26-12-10-21)16-15-7-8-20(25-15)13-22(19(24)17(16)20)14-5-3-1-2-4-6-14/h7-8,14-17H,1-6,9-13H2/t15-,16?,17?,20-/m0/s1. The number of amides is 2. The van der Waals surface area contributed by atoms with Gasteiger partial charge >= 0.3 is 0 Å². The van der Waals surface area contributed by atoms with Gasteiger partial charge in [-0.1, -0.05) is 37.8 Å². The summed E-state index contributed by atoms with van der Waals surface area (Å²) in [4.78, 5) is 30.7. The Bertz CT molecular complexity index is 625. The summed E-state index contributed by atoms with van der Waals surface area (Å²) in [5.41, 5.74) is -0.543. The molecule has 6 heteroatoms. The van der Waals surface area contributed by atoms with Gasteiger partial charge in [0.2, 0.25) is 11.8 Å². The van der Waals surface area contributed by atoms with Gasteiger partial charge in [-0.05, 0) is 12.8 Å². The first-order valence-corrected chi connectivity index (χ1v) is 11.4. The summed E-state index contributed by atoms with van der Waals surface area (Å²) in [6, 6.07) is 0.336. The minimum atomic E-state index is -0.543. The lowest BCUT2D eigenvalue weighted by Gasteiger charge is -2.33. The highest BCUT2D eigenvalue weighted by molar-refractivity contribution is 7.99. The van der Waals surface area contributed by atoms with E-state index in [-0.39, 0.29) is 29.8 Å². The Kier molecular flexibility index (Phi) is 4.31. The number of rotatable bonds is 2. The molecular formula is C20H28N2O3S. The lowest BCUT2D eigenvalue weighted by Crippen LogP contribution is -2.48. The molecule has 0 aromatic rings. The second-order valence-corrected chi connectivity index (χ2v) is 9.67. The van der Waals surface area contributed by atoms with E-state index in [4.69, 9.17) is 4.74 Å². The molecule has 2 unspecified atom stereocenters. The van der Waals surface area contributed by atoms with Gasteiger partial charge in [-0.25, -0.2) is 0 Å². The number of carbonyl (C=O) groups is 2. The first-order valence-electron chi connectivity index (χ1n) is 10.2. The lowest BCUT2D eigenvalue weighted by molar-refractivity contribution is -0.144. The first kappa shape index (κ1) is 17.1. The summed E-state index contributed by atoms with van der Waals surface area (Å²) < 4.78 is 6.30. The van der Waals surface area contributed by atoms with Gasteiger partial charge in [0.15, 0.2) is 0 Å². The molecule has 5 aliphatic rings. The minimum Gasteiger partial charge on any atom is -0.360 e. The molecular weight excluding hydrogens is 348 g/mol. The van der Waals surface area contributed by atoms with Crippen molar-refractivity contribution in [2.75, 3.05) is 31.1 Å². The van der Waals surface area contributed by atoms with E-state index in [0.717, 1.165) is 37.4 Å². The molecule has 5 rings (SSSR count). The molecule has 0 N–H and O–H groups in total. The Labute approximate surface area is 159 Å². The zero-order valence-corrected chi connectivity index (χ0v) is 16.1. The zero-order valence-electron chi connectivity index (χ0n) is 15.3. The van der Waals surface area contributed by atoms with E-state index >= 15 is 0 Å². The molecule has 26 heavy (non-hydrogen) atoms. The van der Waals surface area contributed by atoms with Crippen LogP contribution in [0.25, 0.3) is 0 Å². The lowest BCUT2D eigenvalue weighted by atomic mass is 9.76. The molecule has 3 saturated heterocycles. The number of likely N-dealkylation sites (tertiary alicyclic amines) is 1. The molecule has 1 aliphatic carbocycles. The van der Waals surface area contributed by atoms with Crippen LogP contribution in [0.1, 0.15) is 38.5 Å². The Balaban J connectivity index is 1.39. The number of hydrogen-bond donors (Lipinski definition) is 0. The van der Waals surface area contributed by atoms with Crippen LogP contribution < -0.4 is 0 Å². The van der Waals surface area contributed by atoms with Crippen LogP contribution in [0.4, 0.5) is 0 Å². The third-order valence-corrected chi connectivity index (χ3v) is 7.95. The van der Waals surface area contributed by atoms with Gasteiger partial charge in [-0.15, -0.1) is 0 Å². The molecule has 4 heterocycles. The van der Waals surface area contributed by atoms with Crippen LogP contribution in [0.15, 0.2) is 12.2 Å². The Morgan fingerprint density at radius 3 is 2.62 bits per heavy atom. The van der Waals surface area contributed by atoms with Crippen molar-refractivity contribution in [2.45, 2.75) is 56.3 Å². The second kappa shape index (κ2) is 6.55. The average Bonchev–Trinajstić information content (AvgIpc) is 3.22. The molecule has 1 spiro atoms. The van der Waals surface area contributed by atoms with Crippen molar-refractivity contribution >= 4 is 23.6 Å². The normalized spacial score (nSPS) is 40.2. The van der Waals surface area contributed by atoms with Crippen molar-refractivity contribution in [3.8, 4) is 0 Å². The van der Waals surface area contributed by atoms with Gasteiger partial charge < -0.3 is 14.5 Å². The van der Waals surface area contributed by atoms with Crippen molar-refractivity contribution in [1.29, 1.82) is 0 Å². The maximum Gasteiger partial charge on any atom is 0.230 e. The first-order chi connectivity index (χ1) is 12.7. The summed E-state index contributed by atoms with van der Waals surface area (Å²) in [5, 5.41) is 0. The van der Waals surface area contributed by atoms with E-state index in [2.05, 4.69) is 11.0 Å². The van der Waals surface area contributed by atoms with Gasteiger partial charge in [0, 0.05) is 30.6 Å². The van der Waals surface area contributed by atoms with Crippen LogP contribution in [-0.4, -0.2) is 70.5 Å². The third-order valence-electron chi connectivity index (χ3n) is 7.00. The highest BCUT2D eigenvalue weighted by Gasteiger charge is 2.67. The second-order valence-electron chi connectivity index (χ2n) is 8.45. The zero-order chi connectivity index (χ0) is 17.7.